The van der Waals surface area contributed by atoms with Gasteiger partial charge in [0.15, 0.2) is 0 Å². The monoisotopic (exact) mass is 455 g/mol. The smallest absolute Gasteiger partial charge is 0.262 e. The van der Waals surface area contributed by atoms with E-state index in [0.29, 0.717) is 50.2 Å². The molecule has 3 aromatic rings. The Labute approximate surface area is 191 Å². The molecule has 0 unspecified atom stereocenters. The van der Waals surface area contributed by atoms with E-state index in [1.54, 1.807) is 18.0 Å². The minimum Gasteiger partial charge on any atom is -0.494 e. The fourth-order valence-corrected chi connectivity index (χ4v) is 5.13. The van der Waals surface area contributed by atoms with Crippen LogP contribution < -0.4 is 10.3 Å². The molecule has 8 heteroatoms. The van der Waals surface area contributed by atoms with Gasteiger partial charge in [-0.05, 0) is 49.1 Å². The van der Waals surface area contributed by atoms with Crippen LogP contribution in [0.2, 0.25) is 0 Å². The molecule has 7 nitrogen and oxygen atoms in total. The lowest BCUT2D eigenvalue weighted by Crippen LogP contribution is -2.35. The van der Waals surface area contributed by atoms with Crippen LogP contribution in [0, 0.1) is 0 Å². The maximum atomic E-state index is 13.1. The SMILES string of the molecule is CCCCOc1ccc(C(=O)N2CCc3c(sc4ncn(CCCOC)c(=O)c34)C2)cc1. The van der Waals surface area contributed by atoms with Crippen LogP contribution in [0.4, 0.5) is 0 Å². The summed E-state index contributed by atoms with van der Waals surface area (Å²) in [6, 6.07) is 7.36. The van der Waals surface area contributed by atoms with Gasteiger partial charge in [-0.2, -0.15) is 0 Å². The lowest BCUT2D eigenvalue weighted by Gasteiger charge is -2.27. The fraction of sp³-hybridized carbons (Fsp3) is 0.458. The van der Waals surface area contributed by atoms with Crippen LogP contribution in [0.25, 0.3) is 10.2 Å². The first-order valence-electron chi connectivity index (χ1n) is 11.1. The molecule has 32 heavy (non-hydrogen) atoms. The molecule has 0 radical (unpaired) electrons. The van der Waals surface area contributed by atoms with E-state index in [0.717, 1.165) is 40.3 Å². The van der Waals surface area contributed by atoms with Gasteiger partial charge in [0.1, 0.15) is 10.6 Å². The van der Waals surface area contributed by atoms with E-state index in [1.165, 1.54) is 11.3 Å². The molecule has 0 saturated carbocycles. The number of amides is 1. The number of aryl methyl sites for hydroxylation is 1. The molecule has 0 N–H and O–H groups in total. The number of methoxy groups -OCH3 is 1. The van der Waals surface area contributed by atoms with Crippen molar-refractivity contribution < 1.29 is 14.3 Å². The van der Waals surface area contributed by atoms with E-state index < -0.39 is 0 Å². The van der Waals surface area contributed by atoms with Crippen molar-refractivity contribution in [2.24, 2.45) is 0 Å². The summed E-state index contributed by atoms with van der Waals surface area (Å²) in [7, 11) is 1.66. The van der Waals surface area contributed by atoms with Crippen molar-refractivity contribution in [3.8, 4) is 5.75 Å². The zero-order valence-electron chi connectivity index (χ0n) is 18.6. The van der Waals surface area contributed by atoms with Gasteiger partial charge in [-0.3, -0.25) is 14.2 Å². The van der Waals surface area contributed by atoms with Gasteiger partial charge < -0.3 is 14.4 Å². The number of thiophene rings is 1. The number of carbonyl (C=O) groups is 1. The van der Waals surface area contributed by atoms with Crippen LogP contribution in [-0.2, 0) is 24.2 Å². The molecule has 1 aliphatic heterocycles. The Morgan fingerprint density at radius 1 is 1.19 bits per heavy atom. The van der Waals surface area contributed by atoms with Gasteiger partial charge in [0.25, 0.3) is 11.5 Å². The molecule has 2 aromatic heterocycles. The second-order valence-electron chi connectivity index (χ2n) is 7.98. The number of ether oxygens (including phenoxy) is 2. The number of carbonyl (C=O) groups excluding carboxylic acids is 1. The molecular weight excluding hydrogens is 426 g/mol. The normalized spacial score (nSPS) is 13.4. The Balaban J connectivity index is 1.49. The number of nitrogens with zero attached hydrogens (tertiary/aromatic N) is 3. The first-order valence-corrected chi connectivity index (χ1v) is 11.9. The highest BCUT2D eigenvalue weighted by atomic mass is 32.1. The molecule has 0 saturated heterocycles. The summed E-state index contributed by atoms with van der Waals surface area (Å²) in [4.78, 5) is 34.3. The minimum atomic E-state index is -0.00171. The fourth-order valence-electron chi connectivity index (χ4n) is 3.94. The number of hydrogen-bond acceptors (Lipinski definition) is 6. The molecule has 170 valence electrons. The van der Waals surface area contributed by atoms with Crippen LogP contribution in [0.3, 0.4) is 0 Å². The van der Waals surface area contributed by atoms with Crippen LogP contribution in [0.1, 0.15) is 47.0 Å². The Kier molecular flexibility index (Phi) is 7.22. The van der Waals surface area contributed by atoms with E-state index in [4.69, 9.17) is 9.47 Å². The van der Waals surface area contributed by atoms with E-state index in [-0.39, 0.29) is 11.5 Å². The highest BCUT2D eigenvalue weighted by Crippen LogP contribution is 2.32. The Hall–Kier alpha value is -2.71. The number of fused-ring (bicyclic) bond motifs is 3. The molecule has 0 aliphatic carbocycles. The highest BCUT2D eigenvalue weighted by Gasteiger charge is 2.27. The third kappa shape index (κ3) is 4.71. The van der Waals surface area contributed by atoms with Crippen LogP contribution in [0.5, 0.6) is 5.75 Å². The van der Waals surface area contributed by atoms with Gasteiger partial charge in [0.2, 0.25) is 0 Å². The molecule has 1 aromatic carbocycles. The van der Waals surface area contributed by atoms with Crippen molar-refractivity contribution in [3.63, 3.8) is 0 Å². The zero-order chi connectivity index (χ0) is 22.5. The summed E-state index contributed by atoms with van der Waals surface area (Å²) in [6.45, 7) is 5.10. The number of unbranched alkanes of at least 4 members (excludes halogenated alkanes) is 1. The van der Waals surface area contributed by atoms with Crippen molar-refractivity contribution in [3.05, 3.63) is 57.0 Å². The molecule has 0 fully saturated rings. The van der Waals surface area contributed by atoms with Gasteiger partial charge >= 0.3 is 0 Å². The van der Waals surface area contributed by atoms with Gasteiger partial charge in [0.05, 0.1) is 24.9 Å². The standard InChI is InChI=1S/C24H29N3O4S/c1-3-4-14-31-18-8-6-17(7-9-18)23(28)26-12-10-19-20(15-26)32-22-21(19)24(29)27(16-25-22)11-5-13-30-2/h6-9,16H,3-5,10-15H2,1-2H3. The molecule has 3 heterocycles. The van der Waals surface area contributed by atoms with E-state index in [2.05, 4.69) is 11.9 Å². The summed E-state index contributed by atoms with van der Waals surface area (Å²) in [6.07, 6.45) is 5.15. The Morgan fingerprint density at radius 3 is 2.75 bits per heavy atom. The van der Waals surface area contributed by atoms with Crippen LogP contribution >= 0.6 is 11.3 Å². The summed E-state index contributed by atoms with van der Waals surface area (Å²) in [5.41, 5.74) is 1.70. The average molecular weight is 456 g/mol. The Morgan fingerprint density at radius 2 is 2.00 bits per heavy atom. The van der Waals surface area contributed by atoms with Crippen LogP contribution in [-0.4, -0.2) is 47.2 Å². The number of hydrogen-bond donors (Lipinski definition) is 0. The highest BCUT2D eigenvalue weighted by molar-refractivity contribution is 7.18. The largest absolute Gasteiger partial charge is 0.494 e. The minimum absolute atomic E-state index is 0.00171. The third-order valence-electron chi connectivity index (χ3n) is 5.73. The van der Waals surface area contributed by atoms with Crippen molar-refractivity contribution in [2.45, 2.75) is 45.7 Å². The van der Waals surface area contributed by atoms with Crippen molar-refractivity contribution in [1.82, 2.24) is 14.5 Å². The number of rotatable bonds is 9. The van der Waals surface area contributed by atoms with E-state index in [1.807, 2.05) is 29.2 Å². The number of benzene rings is 1. The van der Waals surface area contributed by atoms with Gasteiger partial charge in [-0.25, -0.2) is 4.98 Å². The van der Waals surface area contributed by atoms with Gasteiger partial charge in [0, 0.05) is 37.2 Å². The lowest BCUT2D eigenvalue weighted by molar-refractivity contribution is 0.0737. The topological polar surface area (TPSA) is 73.7 Å². The second-order valence-corrected chi connectivity index (χ2v) is 9.06. The molecule has 1 aliphatic rings. The first-order chi connectivity index (χ1) is 15.6. The zero-order valence-corrected chi connectivity index (χ0v) is 19.5. The van der Waals surface area contributed by atoms with Crippen molar-refractivity contribution >= 4 is 27.5 Å². The summed E-state index contributed by atoms with van der Waals surface area (Å²) in [5, 5.41) is 0.714. The quantitative estimate of drug-likeness (QED) is 0.458. The third-order valence-corrected chi connectivity index (χ3v) is 6.85. The lowest BCUT2D eigenvalue weighted by atomic mass is 10.0. The molecule has 0 atom stereocenters. The predicted octanol–water partition coefficient (Wildman–Crippen LogP) is 3.87. The summed E-state index contributed by atoms with van der Waals surface area (Å²) < 4.78 is 12.4. The predicted molar refractivity (Wildman–Crippen MR) is 126 cm³/mol. The maximum Gasteiger partial charge on any atom is 0.262 e. The maximum absolute atomic E-state index is 13.1. The Bertz CT molecular complexity index is 1140. The van der Waals surface area contributed by atoms with E-state index >= 15 is 0 Å². The summed E-state index contributed by atoms with van der Waals surface area (Å²) in [5.74, 6) is 0.784. The van der Waals surface area contributed by atoms with Gasteiger partial charge in [-0.15, -0.1) is 11.3 Å². The first kappa shape index (κ1) is 22.5. The molecular formula is C24H29N3O4S. The number of aromatic nitrogens is 2. The molecule has 4 rings (SSSR count). The van der Waals surface area contributed by atoms with Crippen LogP contribution in [0.15, 0.2) is 35.4 Å². The van der Waals surface area contributed by atoms with Crippen molar-refractivity contribution in [2.75, 3.05) is 26.9 Å². The van der Waals surface area contributed by atoms with Gasteiger partial charge in [-0.1, -0.05) is 13.3 Å². The van der Waals surface area contributed by atoms with Crippen molar-refractivity contribution in [1.29, 1.82) is 0 Å². The average Bonchev–Trinajstić information content (AvgIpc) is 3.19. The molecule has 0 spiro atoms. The van der Waals surface area contributed by atoms with E-state index in [9.17, 15) is 9.59 Å². The summed E-state index contributed by atoms with van der Waals surface area (Å²) >= 11 is 1.52. The molecule has 0 bridgehead atoms. The second kappa shape index (κ2) is 10.3. The molecule has 1 amide bonds.